The van der Waals surface area contributed by atoms with Crippen LogP contribution in [-0.2, 0) is 4.79 Å². The maximum atomic E-state index is 11.4. The van der Waals surface area contributed by atoms with Gasteiger partial charge in [-0.2, -0.15) is 11.8 Å². The van der Waals surface area contributed by atoms with Gasteiger partial charge in [0.2, 0.25) is 5.91 Å². The third-order valence-electron chi connectivity index (χ3n) is 2.42. The summed E-state index contributed by atoms with van der Waals surface area (Å²) < 4.78 is 0. The molecule has 0 aromatic rings. The zero-order chi connectivity index (χ0) is 9.68. The van der Waals surface area contributed by atoms with Gasteiger partial charge in [-0.3, -0.25) is 4.79 Å². The molecular formula is C9H18N2OS. The molecule has 3 N–H and O–H groups in total. The van der Waals surface area contributed by atoms with Gasteiger partial charge >= 0.3 is 0 Å². The predicted molar refractivity (Wildman–Crippen MR) is 56.8 cm³/mol. The Hall–Kier alpha value is -0.220. The fourth-order valence-corrected chi connectivity index (χ4v) is 1.73. The Labute approximate surface area is 83.8 Å². The fraction of sp³-hybridized carbons (Fsp3) is 0.889. The van der Waals surface area contributed by atoms with Gasteiger partial charge < -0.3 is 11.1 Å². The molecule has 0 bridgehead atoms. The van der Waals surface area contributed by atoms with E-state index >= 15 is 0 Å². The van der Waals surface area contributed by atoms with Gasteiger partial charge in [-0.05, 0) is 37.7 Å². The molecule has 0 aliphatic heterocycles. The minimum Gasteiger partial charge on any atom is -0.352 e. The number of rotatable bonds is 5. The maximum absolute atomic E-state index is 11.4. The monoisotopic (exact) mass is 202 g/mol. The Morgan fingerprint density at radius 3 is 2.85 bits per heavy atom. The molecule has 1 amide bonds. The number of nitrogens with one attached hydrogen (secondary N) is 1. The highest BCUT2D eigenvalue weighted by Gasteiger charge is 2.22. The summed E-state index contributed by atoms with van der Waals surface area (Å²) >= 11 is 1.73. The standard InChI is InChI=1S/C9H18N2OS/c1-13-6-5-8(10)9(12)11-7-3-2-4-7/h7-8H,2-6,10H2,1H3,(H,11,12)/t8-/m0/s1. The number of amides is 1. The van der Waals surface area contributed by atoms with Crippen molar-refractivity contribution in [1.29, 1.82) is 0 Å². The first kappa shape index (κ1) is 10.9. The molecule has 1 aliphatic carbocycles. The number of carbonyl (C=O) groups excluding carboxylic acids is 1. The molecule has 13 heavy (non-hydrogen) atoms. The molecule has 76 valence electrons. The molecule has 1 atom stereocenters. The Kier molecular flexibility index (Phi) is 4.59. The van der Waals surface area contributed by atoms with Gasteiger partial charge in [-0.1, -0.05) is 0 Å². The van der Waals surface area contributed by atoms with E-state index in [0.717, 1.165) is 25.0 Å². The first-order valence-corrected chi connectivity index (χ1v) is 6.18. The summed E-state index contributed by atoms with van der Waals surface area (Å²) in [6, 6.07) is 0.0980. The van der Waals surface area contributed by atoms with Gasteiger partial charge in [0.15, 0.2) is 0 Å². The minimum absolute atomic E-state index is 0.0266. The molecule has 0 aromatic carbocycles. The third kappa shape index (κ3) is 3.56. The number of thioether (sulfide) groups is 1. The number of hydrogen-bond donors (Lipinski definition) is 2. The van der Waals surface area contributed by atoms with Crippen molar-refractivity contribution in [3.63, 3.8) is 0 Å². The lowest BCUT2D eigenvalue weighted by Crippen LogP contribution is -2.47. The predicted octanol–water partition coefficient (Wildman–Crippen LogP) is 0.735. The zero-order valence-electron chi connectivity index (χ0n) is 8.08. The molecular weight excluding hydrogens is 184 g/mol. The smallest absolute Gasteiger partial charge is 0.237 e. The lowest BCUT2D eigenvalue weighted by Gasteiger charge is -2.27. The van der Waals surface area contributed by atoms with E-state index in [-0.39, 0.29) is 11.9 Å². The minimum atomic E-state index is -0.312. The van der Waals surface area contributed by atoms with Gasteiger partial charge in [0.05, 0.1) is 6.04 Å². The summed E-state index contributed by atoms with van der Waals surface area (Å²) in [5.41, 5.74) is 5.71. The first-order chi connectivity index (χ1) is 6.24. The van der Waals surface area contributed by atoms with Crippen LogP contribution in [-0.4, -0.2) is 30.0 Å². The molecule has 1 saturated carbocycles. The molecule has 0 heterocycles. The summed E-state index contributed by atoms with van der Waals surface area (Å²) in [5.74, 6) is 0.984. The van der Waals surface area contributed by atoms with Crippen molar-refractivity contribution in [1.82, 2.24) is 5.32 Å². The molecule has 4 heteroatoms. The zero-order valence-corrected chi connectivity index (χ0v) is 8.90. The van der Waals surface area contributed by atoms with Crippen LogP contribution in [0.25, 0.3) is 0 Å². The average molecular weight is 202 g/mol. The van der Waals surface area contributed by atoms with Crippen LogP contribution in [0.5, 0.6) is 0 Å². The normalized spacial score (nSPS) is 19.2. The van der Waals surface area contributed by atoms with Gasteiger partial charge in [0, 0.05) is 6.04 Å². The second kappa shape index (κ2) is 5.50. The van der Waals surface area contributed by atoms with E-state index in [1.807, 2.05) is 6.26 Å². The highest BCUT2D eigenvalue weighted by Crippen LogP contribution is 2.18. The third-order valence-corrected chi connectivity index (χ3v) is 3.07. The van der Waals surface area contributed by atoms with Gasteiger partial charge in [-0.15, -0.1) is 0 Å². The van der Waals surface area contributed by atoms with Gasteiger partial charge in [-0.25, -0.2) is 0 Å². The van der Waals surface area contributed by atoms with Crippen molar-refractivity contribution >= 4 is 17.7 Å². The summed E-state index contributed by atoms with van der Waals surface area (Å²) in [4.78, 5) is 11.4. The summed E-state index contributed by atoms with van der Waals surface area (Å²) in [7, 11) is 0. The molecule has 1 fully saturated rings. The maximum Gasteiger partial charge on any atom is 0.237 e. The molecule has 3 nitrogen and oxygen atoms in total. The quantitative estimate of drug-likeness (QED) is 0.691. The summed E-state index contributed by atoms with van der Waals surface area (Å²) in [6.07, 6.45) is 6.29. The van der Waals surface area contributed by atoms with Crippen LogP contribution in [0, 0.1) is 0 Å². The van der Waals surface area contributed by atoms with Gasteiger partial charge in [0.1, 0.15) is 0 Å². The second-order valence-electron chi connectivity index (χ2n) is 3.52. The average Bonchev–Trinajstić information content (AvgIpc) is 2.06. The molecule has 0 unspecified atom stereocenters. The molecule has 0 saturated heterocycles. The molecule has 0 radical (unpaired) electrons. The van der Waals surface area contributed by atoms with Crippen LogP contribution < -0.4 is 11.1 Å². The SMILES string of the molecule is CSCC[C@H](N)C(=O)NC1CCC1. The van der Waals surface area contributed by atoms with E-state index in [1.165, 1.54) is 6.42 Å². The molecule has 1 aliphatic rings. The van der Waals surface area contributed by atoms with Crippen molar-refractivity contribution < 1.29 is 4.79 Å². The van der Waals surface area contributed by atoms with Crippen LogP contribution in [0.1, 0.15) is 25.7 Å². The highest BCUT2D eigenvalue weighted by molar-refractivity contribution is 7.98. The topological polar surface area (TPSA) is 55.1 Å². The number of carbonyl (C=O) groups is 1. The van der Waals surface area contributed by atoms with E-state index in [0.29, 0.717) is 6.04 Å². The number of hydrogen-bond acceptors (Lipinski definition) is 3. The Morgan fingerprint density at radius 1 is 1.69 bits per heavy atom. The summed E-state index contributed by atoms with van der Waals surface area (Å²) in [5, 5.41) is 2.95. The molecule has 1 rings (SSSR count). The van der Waals surface area contributed by atoms with Crippen LogP contribution in [0.3, 0.4) is 0 Å². The van der Waals surface area contributed by atoms with E-state index in [1.54, 1.807) is 11.8 Å². The van der Waals surface area contributed by atoms with E-state index in [4.69, 9.17) is 5.73 Å². The number of nitrogens with two attached hydrogens (primary N) is 1. The Morgan fingerprint density at radius 2 is 2.38 bits per heavy atom. The first-order valence-electron chi connectivity index (χ1n) is 4.79. The second-order valence-corrected chi connectivity index (χ2v) is 4.51. The fourth-order valence-electron chi connectivity index (χ4n) is 1.24. The highest BCUT2D eigenvalue weighted by atomic mass is 32.2. The Balaban J connectivity index is 2.13. The lowest BCUT2D eigenvalue weighted by atomic mass is 9.93. The molecule has 0 spiro atoms. The van der Waals surface area contributed by atoms with Crippen molar-refractivity contribution in [3.05, 3.63) is 0 Å². The Bertz CT molecular complexity index is 171. The van der Waals surface area contributed by atoms with Crippen molar-refractivity contribution in [3.8, 4) is 0 Å². The van der Waals surface area contributed by atoms with E-state index < -0.39 is 0 Å². The van der Waals surface area contributed by atoms with E-state index in [9.17, 15) is 4.79 Å². The van der Waals surface area contributed by atoms with Crippen LogP contribution in [0.2, 0.25) is 0 Å². The molecule has 0 aromatic heterocycles. The van der Waals surface area contributed by atoms with Crippen molar-refractivity contribution in [2.24, 2.45) is 5.73 Å². The van der Waals surface area contributed by atoms with Crippen LogP contribution >= 0.6 is 11.8 Å². The van der Waals surface area contributed by atoms with Crippen LogP contribution in [0.4, 0.5) is 0 Å². The lowest BCUT2D eigenvalue weighted by molar-refractivity contribution is -0.123. The summed E-state index contributed by atoms with van der Waals surface area (Å²) in [6.45, 7) is 0. The van der Waals surface area contributed by atoms with Crippen molar-refractivity contribution in [2.45, 2.75) is 37.8 Å². The van der Waals surface area contributed by atoms with Gasteiger partial charge in [0.25, 0.3) is 0 Å². The van der Waals surface area contributed by atoms with Crippen LogP contribution in [0.15, 0.2) is 0 Å². The van der Waals surface area contributed by atoms with Crippen molar-refractivity contribution in [2.75, 3.05) is 12.0 Å². The largest absolute Gasteiger partial charge is 0.352 e. The van der Waals surface area contributed by atoms with E-state index in [2.05, 4.69) is 5.32 Å².